The number of nitrogens with one attached hydrogen (secondary N) is 1. The van der Waals surface area contributed by atoms with Crippen LogP contribution in [0.15, 0.2) is 42.6 Å². The van der Waals surface area contributed by atoms with Crippen LogP contribution in [0.5, 0.6) is 5.75 Å². The summed E-state index contributed by atoms with van der Waals surface area (Å²) in [5, 5.41) is 2.29. The molecule has 0 aliphatic carbocycles. The number of aromatic nitrogens is 1. The Bertz CT molecular complexity index is 766. The molecule has 1 heterocycles. The number of esters is 1. The van der Waals surface area contributed by atoms with E-state index >= 15 is 0 Å². The number of halogens is 4. The minimum absolute atomic E-state index is 0.00520. The van der Waals surface area contributed by atoms with Crippen LogP contribution in [0.4, 0.5) is 18.9 Å². The van der Waals surface area contributed by atoms with Gasteiger partial charge in [0.25, 0.3) is 5.91 Å². The predicted molar refractivity (Wildman–Crippen MR) is 81.3 cm³/mol. The lowest BCUT2D eigenvalue weighted by Crippen LogP contribution is -2.21. The second-order valence-electron chi connectivity index (χ2n) is 4.54. The third-order valence-electron chi connectivity index (χ3n) is 2.69. The van der Waals surface area contributed by atoms with Gasteiger partial charge in [-0.05, 0) is 36.4 Å². The molecule has 132 valence electrons. The zero-order valence-electron chi connectivity index (χ0n) is 12.3. The lowest BCUT2D eigenvalue weighted by molar-refractivity contribution is -0.274. The number of rotatable bonds is 5. The quantitative estimate of drug-likeness (QED) is 0.641. The third kappa shape index (κ3) is 5.96. The third-order valence-corrected chi connectivity index (χ3v) is 2.99. The molecule has 0 fully saturated rings. The Morgan fingerprint density at radius 3 is 2.44 bits per heavy atom. The van der Waals surface area contributed by atoms with Crippen molar-refractivity contribution in [3.63, 3.8) is 0 Å². The number of carbonyl (C=O) groups excluding carboxylic acids is 2. The van der Waals surface area contributed by atoms with Gasteiger partial charge in [0.1, 0.15) is 10.9 Å². The Kier molecular flexibility index (Phi) is 5.81. The van der Waals surface area contributed by atoms with Crippen LogP contribution in [0.2, 0.25) is 5.15 Å². The average Bonchev–Trinajstić information content (AvgIpc) is 2.53. The molecule has 0 saturated heterocycles. The Morgan fingerprint density at radius 2 is 1.84 bits per heavy atom. The fraction of sp³-hybridized carbons (Fsp3) is 0.133. The van der Waals surface area contributed by atoms with E-state index in [-0.39, 0.29) is 16.4 Å². The molecule has 0 spiro atoms. The first-order valence-electron chi connectivity index (χ1n) is 6.68. The van der Waals surface area contributed by atoms with Crippen molar-refractivity contribution in [1.82, 2.24) is 4.98 Å². The Hall–Kier alpha value is -2.81. The van der Waals surface area contributed by atoms with Crippen LogP contribution in [0.3, 0.4) is 0 Å². The normalized spacial score (nSPS) is 10.9. The molecule has 0 aliphatic rings. The molecule has 1 amide bonds. The molecule has 0 unspecified atom stereocenters. The number of carbonyl (C=O) groups is 2. The smallest absolute Gasteiger partial charge is 0.452 e. The number of ether oxygens (including phenoxy) is 2. The van der Waals surface area contributed by atoms with E-state index in [0.29, 0.717) is 0 Å². The lowest BCUT2D eigenvalue weighted by atomic mass is 10.3. The summed E-state index contributed by atoms with van der Waals surface area (Å²) in [4.78, 5) is 27.1. The Balaban J connectivity index is 1.86. The van der Waals surface area contributed by atoms with Crippen molar-refractivity contribution in [3.8, 4) is 5.75 Å². The summed E-state index contributed by atoms with van der Waals surface area (Å²) in [7, 11) is 0. The highest BCUT2D eigenvalue weighted by molar-refractivity contribution is 6.32. The van der Waals surface area contributed by atoms with Gasteiger partial charge < -0.3 is 14.8 Å². The van der Waals surface area contributed by atoms with Crippen LogP contribution >= 0.6 is 11.6 Å². The molecule has 0 radical (unpaired) electrons. The van der Waals surface area contributed by atoms with Crippen molar-refractivity contribution in [2.24, 2.45) is 0 Å². The predicted octanol–water partition coefficient (Wildman–Crippen LogP) is 3.43. The summed E-state index contributed by atoms with van der Waals surface area (Å²) in [6.07, 6.45) is -3.41. The fourth-order valence-electron chi connectivity index (χ4n) is 1.68. The minimum atomic E-state index is -4.80. The highest BCUT2D eigenvalue weighted by atomic mass is 35.5. The van der Waals surface area contributed by atoms with Gasteiger partial charge >= 0.3 is 12.3 Å². The number of nitrogens with zero attached hydrogens (tertiary/aromatic N) is 1. The first-order valence-corrected chi connectivity index (χ1v) is 7.06. The van der Waals surface area contributed by atoms with Crippen molar-refractivity contribution in [3.05, 3.63) is 53.3 Å². The van der Waals surface area contributed by atoms with Crippen molar-refractivity contribution >= 4 is 29.2 Å². The summed E-state index contributed by atoms with van der Waals surface area (Å²) >= 11 is 5.72. The summed E-state index contributed by atoms with van der Waals surface area (Å²) in [6.45, 7) is -0.606. The van der Waals surface area contributed by atoms with Crippen molar-refractivity contribution in [2.45, 2.75) is 6.36 Å². The summed E-state index contributed by atoms with van der Waals surface area (Å²) in [5.74, 6) is -1.94. The van der Waals surface area contributed by atoms with E-state index in [1.54, 1.807) is 0 Å². The first-order chi connectivity index (χ1) is 11.7. The van der Waals surface area contributed by atoms with E-state index in [0.717, 1.165) is 12.1 Å². The molecule has 10 heteroatoms. The standard InChI is InChI=1S/C15H10ClF3N2O4/c16-13-11(2-1-7-20-13)14(23)24-8-12(22)21-9-3-5-10(6-4-9)25-15(17,18)19/h1-7H,8H2,(H,21,22). The van der Waals surface area contributed by atoms with Gasteiger partial charge in [0, 0.05) is 11.9 Å². The number of alkyl halides is 3. The molecule has 1 aromatic heterocycles. The second kappa shape index (κ2) is 7.84. The molecular formula is C15H10ClF3N2O4. The van der Waals surface area contributed by atoms with Crippen LogP contribution in [-0.2, 0) is 9.53 Å². The van der Waals surface area contributed by atoms with Crippen molar-refractivity contribution < 1.29 is 32.2 Å². The van der Waals surface area contributed by atoms with Gasteiger partial charge in [-0.2, -0.15) is 0 Å². The largest absolute Gasteiger partial charge is 0.573 e. The summed E-state index contributed by atoms with van der Waals surface area (Å²) < 4.78 is 44.6. The van der Waals surface area contributed by atoms with Crippen LogP contribution in [0, 0.1) is 0 Å². The van der Waals surface area contributed by atoms with Crippen LogP contribution in [-0.4, -0.2) is 29.8 Å². The van der Waals surface area contributed by atoms with Crippen LogP contribution in [0.1, 0.15) is 10.4 Å². The van der Waals surface area contributed by atoms with Crippen molar-refractivity contribution in [2.75, 3.05) is 11.9 Å². The monoisotopic (exact) mass is 374 g/mol. The number of hydrogen-bond donors (Lipinski definition) is 1. The molecule has 2 aromatic rings. The molecule has 0 aliphatic heterocycles. The minimum Gasteiger partial charge on any atom is -0.452 e. The maximum absolute atomic E-state index is 12.0. The summed E-state index contributed by atoms with van der Waals surface area (Å²) in [5.41, 5.74) is 0.209. The lowest BCUT2D eigenvalue weighted by Gasteiger charge is -2.10. The maximum atomic E-state index is 12.0. The molecule has 6 nitrogen and oxygen atoms in total. The maximum Gasteiger partial charge on any atom is 0.573 e. The van der Waals surface area contributed by atoms with Crippen LogP contribution < -0.4 is 10.1 Å². The van der Waals surface area contributed by atoms with E-state index in [4.69, 9.17) is 16.3 Å². The first kappa shape index (κ1) is 18.5. The summed E-state index contributed by atoms with van der Waals surface area (Å²) in [6, 6.07) is 7.34. The van der Waals surface area contributed by atoms with Gasteiger partial charge in [-0.15, -0.1) is 13.2 Å². The SMILES string of the molecule is O=C(COC(=O)c1cccnc1Cl)Nc1ccc(OC(F)(F)F)cc1. The molecular weight excluding hydrogens is 365 g/mol. The topological polar surface area (TPSA) is 77.5 Å². The van der Waals surface area contributed by atoms with Crippen LogP contribution in [0.25, 0.3) is 0 Å². The number of amides is 1. The number of benzene rings is 1. The number of hydrogen-bond acceptors (Lipinski definition) is 5. The molecule has 2 rings (SSSR count). The van der Waals surface area contributed by atoms with E-state index in [2.05, 4.69) is 15.0 Å². The number of anilines is 1. The van der Waals surface area contributed by atoms with E-state index < -0.39 is 30.6 Å². The molecule has 0 saturated carbocycles. The fourth-order valence-corrected chi connectivity index (χ4v) is 1.88. The van der Waals surface area contributed by atoms with E-state index in [1.807, 2.05) is 0 Å². The molecule has 1 N–H and O–H groups in total. The molecule has 0 atom stereocenters. The highest BCUT2D eigenvalue weighted by Crippen LogP contribution is 2.23. The Labute approximate surface area is 144 Å². The van der Waals surface area contributed by atoms with Gasteiger partial charge in [-0.1, -0.05) is 11.6 Å². The highest BCUT2D eigenvalue weighted by Gasteiger charge is 2.30. The van der Waals surface area contributed by atoms with Gasteiger partial charge in [0.05, 0.1) is 5.56 Å². The van der Waals surface area contributed by atoms with Gasteiger partial charge in [-0.25, -0.2) is 9.78 Å². The van der Waals surface area contributed by atoms with Gasteiger partial charge in [0.2, 0.25) is 0 Å². The van der Waals surface area contributed by atoms with E-state index in [1.165, 1.54) is 30.5 Å². The zero-order valence-corrected chi connectivity index (χ0v) is 13.1. The molecule has 25 heavy (non-hydrogen) atoms. The van der Waals surface area contributed by atoms with Gasteiger partial charge in [-0.3, -0.25) is 4.79 Å². The number of pyridine rings is 1. The molecule has 1 aromatic carbocycles. The van der Waals surface area contributed by atoms with E-state index in [9.17, 15) is 22.8 Å². The molecule has 0 bridgehead atoms. The average molecular weight is 375 g/mol. The van der Waals surface area contributed by atoms with Crippen molar-refractivity contribution in [1.29, 1.82) is 0 Å². The Morgan fingerprint density at radius 1 is 1.16 bits per heavy atom. The van der Waals surface area contributed by atoms with Gasteiger partial charge in [0.15, 0.2) is 6.61 Å². The zero-order chi connectivity index (χ0) is 18.4. The second-order valence-corrected chi connectivity index (χ2v) is 4.90.